The van der Waals surface area contributed by atoms with Crippen molar-refractivity contribution in [1.82, 2.24) is 9.97 Å². The highest BCUT2D eigenvalue weighted by molar-refractivity contribution is 5.84. The topological polar surface area (TPSA) is 115 Å². The van der Waals surface area contributed by atoms with Gasteiger partial charge in [-0.1, -0.05) is 54.6 Å². The van der Waals surface area contributed by atoms with Crippen LogP contribution in [0.4, 0.5) is 11.6 Å². The maximum absolute atomic E-state index is 9.87. The standard InChI is InChI=1S/C24H20N6O2/c31-20-12-6-4-10-18(20)15-25-29-22-14-23(28-24(27-22)17-8-2-1-3-9-17)30-26-16-19-11-5-7-13-21(19)32/h1-16,31-32H,(H2,27,28,29,30)/b25-15+,26-16+. The number of aromatic hydroxyl groups is 2. The summed E-state index contributed by atoms with van der Waals surface area (Å²) in [5.74, 6) is 1.61. The van der Waals surface area contributed by atoms with E-state index >= 15 is 0 Å². The Morgan fingerprint density at radius 3 is 1.59 bits per heavy atom. The molecule has 0 unspecified atom stereocenters. The molecule has 3 aromatic carbocycles. The molecule has 0 saturated carbocycles. The number of hydrogen-bond donors (Lipinski definition) is 4. The van der Waals surface area contributed by atoms with E-state index in [1.807, 2.05) is 42.5 Å². The van der Waals surface area contributed by atoms with E-state index in [9.17, 15) is 10.2 Å². The first-order valence-electron chi connectivity index (χ1n) is 9.78. The molecule has 1 heterocycles. The summed E-state index contributed by atoms with van der Waals surface area (Å²) in [6.07, 6.45) is 3.01. The van der Waals surface area contributed by atoms with Crippen LogP contribution < -0.4 is 10.9 Å². The average molecular weight is 424 g/mol. The number of para-hydroxylation sites is 2. The summed E-state index contributed by atoms with van der Waals surface area (Å²) in [5.41, 5.74) is 7.70. The van der Waals surface area contributed by atoms with Gasteiger partial charge < -0.3 is 10.2 Å². The first-order chi connectivity index (χ1) is 15.7. The minimum Gasteiger partial charge on any atom is -0.507 e. The molecule has 0 amide bonds. The van der Waals surface area contributed by atoms with E-state index in [-0.39, 0.29) is 11.5 Å². The van der Waals surface area contributed by atoms with Gasteiger partial charge in [-0.25, -0.2) is 9.97 Å². The third-order valence-electron chi connectivity index (χ3n) is 4.40. The Kier molecular flexibility index (Phi) is 6.33. The summed E-state index contributed by atoms with van der Waals surface area (Å²) in [6.45, 7) is 0. The molecule has 32 heavy (non-hydrogen) atoms. The molecule has 0 aliphatic carbocycles. The van der Waals surface area contributed by atoms with Crippen LogP contribution in [0.25, 0.3) is 11.4 Å². The Bertz CT molecular complexity index is 1180. The second kappa shape index (κ2) is 9.86. The third-order valence-corrected chi connectivity index (χ3v) is 4.40. The van der Waals surface area contributed by atoms with E-state index < -0.39 is 0 Å². The summed E-state index contributed by atoms with van der Waals surface area (Å²) in [6, 6.07) is 24.9. The first kappa shape index (κ1) is 20.5. The average Bonchev–Trinajstić information content (AvgIpc) is 2.82. The fourth-order valence-electron chi connectivity index (χ4n) is 2.81. The maximum atomic E-state index is 9.87. The SMILES string of the molecule is Oc1ccccc1/C=N/Nc1cc(N/N=C/c2ccccc2O)nc(-c2ccccc2)n1. The molecule has 8 heteroatoms. The number of phenolic OH excluding ortho intramolecular Hbond substituents is 2. The minimum atomic E-state index is 0.131. The van der Waals surface area contributed by atoms with Crippen LogP contribution in [0.3, 0.4) is 0 Å². The first-order valence-corrected chi connectivity index (χ1v) is 9.78. The molecule has 0 spiro atoms. The zero-order valence-corrected chi connectivity index (χ0v) is 16.9. The molecule has 158 valence electrons. The molecule has 8 nitrogen and oxygen atoms in total. The zero-order chi connectivity index (χ0) is 22.2. The van der Waals surface area contributed by atoms with Gasteiger partial charge in [-0.15, -0.1) is 0 Å². The van der Waals surface area contributed by atoms with Gasteiger partial charge in [0.05, 0.1) is 12.4 Å². The quantitative estimate of drug-likeness (QED) is 0.257. The third kappa shape index (κ3) is 5.25. The summed E-state index contributed by atoms with van der Waals surface area (Å²) in [7, 11) is 0. The van der Waals surface area contributed by atoms with Crippen molar-refractivity contribution in [1.29, 1.82) is 0 Å². The van der Waals surface area contributed by atoms with Crippen LogP contribution in [-0.2, 0) is 0 Å². The molecule has 0 aliphatic heterocycles. The van der Waals surface area contributed by atoms with Crippen LogP contribution in [0, 0.1) is 0 Å². The Balaban J connectivity index is 1.58. The number of benzene rings is 3. The summed E-state index contributed by atoms with van der Waals surface area (Å²) in [4.78, 5) is 9.01. The van der Waals surface area contributed by atoms with Crippen LogP contribution in [-0.4, -0.2) is 32.6 Å². The number of nitrogens with one attached hydrogen (secondary N) is 2. The van der Waals surface area contributed by atoms with Gasteiger partial charge in [0.25, 0.3) is 0 Å². The second-order valence-electron chi connectivity index (χ2n) is 6.69. The Morgan fingerprint density at radius 1 is 0.625 bits per heavy atom. The Hall–Kier alpha value is -4.72. The highest BCUT2D eigenvalue weighted by atomic mass is 16.3. The molecule has 0 bridgehead atoms. The lowest BCUT2D eigenvalue weighted by atomic mass is 10.2. The van der Waals surface area contributed by atoms with Crippen LogP contribution in [0.5, 0.6) is 11.5 Å². The van der Waals surface area contributed by atoms with Crippen molar-refractivity contribution in [3.8, 4) is 22.9 Å². The molecule has 4 aromatic rings. The lowest BCUT2D eigenvalue weighted by molar-refractivity contribution is 0.474. The fraction of sp³-hybridized carbons (Fsp3) is 0. The molecule has 0 saturated heterocycles. The van der Waals surface area contributed by atoms with E-state index in [0.29, 0.717) is 28.6 Å². The Labute approximate surface area is 184 Å². The predicted octanol–water partition coefficient (Wildman–Crippen LogP) is 4.45. The number of anilines is 2. The second-order valence-corrected chi connectivity index (χ2v) is 6.69. The van der Waals surface area contributed by atoms with E-state index in [0.717, 1.165) is 5.56 Å². The van der Waals surface area contributed by atoms with E-state index in [2.05, 4.69) is 31.0 Å². The van der Waals surface area contributed by atoms with Crippen LogP contribution in [0.2, 0.25) is 0 Å². The number of hydrogen-bond acceptors (Lipinski definition) is 8. The van der Waals surface area contributed by atoms with E-state index in [1.165, 1.54) is 12.4 Å². The highest BCUT2D eigenvalue weighted by Crippen LogP contribution is 2.21. The van der Waals surface area contributed by atoms with Gasteiger partial charge in [0, 0.05) is 22.8 Å². The van der Waals surface area contributed by atoms with Crippen molar-refractivity contribution in [2.24, 2.45) is 10.2 Å². The van der Waals surface area contributed by atoms with E-state index in [4.69, 9.17) is 0 Å². The normalized spacial score (nSPS) is 11.1. The number of phenols is 2. The molecule has 0 fully saturated rings. The molecule has 0 aliphatic rings. The minimum absolute atomic E-state index is 0.131. The number of hydrazone groups is 2. The van der Waals surface area contributed by atoms with Gasteiger partial charge >= 0.3 is 0 Å². The summed E-state index contributed by atoms with van der Waals surface area (Å²) >= 11 is 0. The van der Waals surface area contributed by atoms with Gasteiger partial charge in [0.1, 0.15) is 11.5 Å². The molecule has 4 N–H and O–H groups in total. The van der Waals surface area contributed by atoms with Crippen molar-refractivity contribution < 1.29 is 10.2 Å². The van der Waals surface area contributed by atoms with Gasteiger partial charge in [0.2, 0.25) is 0 Å². The number of aromatic nitrogens is 2. The van der Waals surface area contributed by atoms with Gasteiger partial charge in [0.15, 0.2) is 17.5 Å². The van der Waals surface area contributed by atoms with Crippen molar-refractivity contribution in [3.63, 3.8) is 0 Å². The number of nitrogens with zero attached hydrogens (tertiary/aromatic N) is 4. The predicted molar refractivity (Wildman–Crippen MR) is 126 cm³/mol. The van der Waals surface area contributed by atoms with E-state index in [1.54, 1.807) is 42.5 Å². The molecule has 0 radical (unpaired) electrons. The molecular weight excluding hydrogens is 404 g/mol. The van der Waals surface area contributed by atoms with Crippen molar-refractivity contribution in [3.05, 3.63) is 96.1 Å². The van der Waals surface area contributed by atoms with Crippen LogP contribution in [0.15, 0.2) is 95.1 Å². The Morgan fingerprint density at radius 2 is 1.09 bits per heavy atom. The summed E-state index contributed by atoms with van der Waals surface area (Å²) in [5, 5.41) is 28.1. The van der Waals surface area contributed by atoms with Gasteiger partial charge in [-0.05, 0) is 24.3 Å². The van der Waals surface area contributed by atoms with Crippen LogP contribution >= 0.6 is 0 Å². The lowest BCUT2D eigenvalue weighted by Gasteiger charge is -2.08. The maximum Gasteiger partial charge on any atom is 0.163 e. The monoisotopic (exact) mass is 424 g/mol. The van der Waals surface area contributed by atoms with Gasteiger partial charge in [-0.2, -0.15) is 10.2 Å². The zero-order valence-electron chi connectivity index (χ0n) is 16.9. The van der Waals surface area contributed by atoms with Crippen molar-refractivity contribution in [2.75, 3.05) is 10.9 Å². The van der Waals surface area contributed by atoms with Crippen molar-refractivity contribution >= 4 is 24.1 Å². The molecule has 1 aromatic heterocycles. The fourth-order valence-corrected chi connectivity index (χ4v) is 2.81. The largest absolute Gasteiger partial charge is 0.507 e. The lowest BCUT2D eigenvalue weighted by Crippen LogP contribution is -2.01. The van der Waals surface area contributed by atoms with Crippen molar-refractivity contribution in [2.45, 2.75) is 0 Å². The summed E-state index contributed by atoms with van der Waals surface area (Å²) < 4.78 is 0. The highest BCUT2D eigenvalue weighted by Gasteiger charge is 2.07. The smallest absolute Gasteiger partial charge is 0.163 e. The molecule has 0 atom stereocenters. The molecule has 4 rings (SSSR count). The number of rotatable bonds is 7. The van der Waals surface area contributed by atoms with Gasteiger partial charge in [-0.3, -0.25) is 10.9 Å². The van der Waals surface area contributed by atoms with Crippen LogP contribution in [0.1, 0.15) is 11.1 Å². The molecular formula is C24H20N6O2.